The monoisotopic (exact) mass is 385 g/mol. The highest BCUT2D eigenvalue weighted by molar-refractivity contribution is 8.00. The summed E-state index contributed by atoms with van der Waals surface area (Å²) >= 11 is 1.61. The van der Waals surface area contributed by atoms with E-state index < -0.39 is 0 Å². The fourth-order valence-corrected chi connectivity index (χ4v) is 4.64. The molecule has 0 aliphatic carbocycles. The number of carbonyl (C=O) groups is 2. The van der Waals surface area contributed by atoms with Gasteiger partial charge in [0.25, 0.3) is 5.91 Å². The highest BCUT2D eigenvalue weighted by atomic mass is 32.2. The third kappa shape index (κ3) is 3.89. The molecule has 2 aliphatic heterocycles. The number of piperazine rings is 1. The van der Waals surface area contributed by atoms with Crippen molar-refractivity contribution in [1.29, 1.82) is 0 Å². The number of rotatable bonds is 4. The normalized spacial score (nSPS) is 21.1. The lowest BCUT2D eigenvalue weighted by atomic mass is 10.1. The average molecular weight is 385 g/mol. The number of hydrogen-bond acceptors (Lipinski definition) is 5. The molecule has 2 aromatic rings. The van der Waals surface area contributed by atoms with Crippen LogP contribution in [0.1, 0.15) is 27.1 Å². The Kier molecular flexibility index (Phi) is 5.22. The third-order valence-electron chi connectivity index (χ3n) is 5.11. The van der Waals surface area contributed by atoms with Gasteiger partial charge in [-0.25, -0.2) is 0 Å². The van der Waals surface area contributed by atoms with Crippen LogP contribution in [-0.4, -0.2) is 65.5 Å². The largest absolute Gasteiger partial charge is 0.467 e. The summed E-state index contributed by atoms with van der Waals surface area (Å²) in [6.45, 7) is 3.81. The molecule has 0 radical (unpaired) electrons. The van der Waals surface area contributed by atoms with E-state index in [-0.39, 0.29) is 17.2 Å². The number of nitrogens with zero attached hydrogens (tertiary/aromatic N) is 3. The lowest BCUT2D eigenvalue weighted by molar-refractivity contribution is -0.128. The van der Waals surface area contributed by atoms with Crippen LogP contribution in [0.2, 0.25) is 0 Å². The van der Waals surface area contributed by atoms with Crippen LogP contribution in [0.25, 0.3) is 0 Å². The van der Waals surface area contributed by atoms with E-state index in [0.717, 1.165) is 37.5 Å². The van der Waals surface area contributed by atoms with E-state index in [4.69, 9.17) is 4.42 Å². The molecule has 142 valence electrons. The molecule has 1 aromatic carbocycles. The predicted octanol–water partition coefficient (Wildman–Crippen LogP) is 2.44. The van der Waals surface area contributed by atoms with Crippen molar-refractivity contribution in [2.24, 2.45) is 0 Å². The second-order valence-corrected chi connectivity index (χ2v) is 8.05. The zero-order valence-electron chi connectivity index (χ0n) is 15.3. The van der Waals surface area contributed by atoms with Gasteiger partial charge in [0.15, 0.2) is 0 Å². The SMILES string of the molecule is CN1CCN(C(=O)c2ccc([C@@H]3SCC(=O)N3Cc3ccco3)cc2)CC1. The second-order valence-electron chi connectivity index (χ2n) is 6.98. The van der Waals surface area contributed by atoms with Crippen molar-refractivity contribution >= 4 is 23.6 Å². The van der Waals surface area contributed by atoms with E-state index >= 15 is 0 Å². The molecule has 7 heteroatoms. The van der Waals surface area contributed by atoms with Crippen molar-refractivity contribution in [2.45, 2.75) is 11.9 Å². The molecule has 0 bridgehead atoms. The molecular formula is C20H23N3O3S. The summed E-state index contributed by atoms with van der Waals surface area (Å²) in [7, 11) is 2.08. The van der Waals surface area contributed by atoms with E-state index in [1.54, 1.807) is 18.0 Å². The van der Waals surface area contributed by atoms with Crippen molar-refractivity contribution in [1.82, 2.24) is 14.7 Å². The van der Waals surface area contributed by atoms with Crippen LogP contribution < -0.4 is 0 Å². The van der Waals surface area contributed by atoms with Crippen molar-refractivity contribution in [3.63, 3.8) is 0 Å². The average Bonchev–Trinajstić information content (AvgIpc) is 3.33. The van der Waals surface area contributed by atoms with Crippen molar-refractivity contribution in [2.75, 3.05) is 39.0 Å². The Hall–Kier alpha value is -2.25. The lowest BCUT2D eigenvalue weighted by Gasteiger charge is -2.32. The summed E-state index contributed by atoms with van der Waals surface area (Å²) in [5.41, 5.74) is 1.74. The molecule has 2 aliphatic rings. The minimum absolute atomic E-state index is 0.0459. The molecular weight excluding hydrogens is 362 g/mol. The number of thioether (sulfide) groups is 1. The highest BCUT2D eigenvalue weighted by Crippen LogP contribution is 2.39. The van der Waals surface area contributed by atoms with Gasteiger partial charge in [-0.15, -0.1) is 11.8 Å². The number of amides is 2. The first-order chi connectivity index (χ1) is 13.1. The number of carbonyl (C=O) groups excluding carboxylic acids is 2. The summed E-state index contributed by atoms with van der Waals surface area (Å²) in [4.78, 5) is 31.0. The molecule has 0 spiro atoms. The maximum Gasteiger partial charge on any atom is 0.253 e. The minimum Gasteiger partial charge on any atom is -0.467 e. The number of likely N-dealkylation sites (N-methyl/N-ethyl adjacent to an activating group) is 1. The van der Waals surface area contributed by atoms with E-state index in [9.17, 15) is 9.59 Å². The standard InChI is InChI=1S/C20H23N3O3S/c1-21-8-10-22(11-9-21)19(25)15-4-6-16(7-5-15)20-23(18(24)14-27-20)13-17-3-2-12-26-17/h2-7,12,20H,8-11,13-14H2,1H3/t20-/m0/s1. The van der Waals surface area contributed by atoms with Crippen LogP contribution >= 0.6 is 11.8 Å². The topological polar surface area (TPSA) is 57.0 Å². The number of furan rings is 1. The molecule has 3 heterocycles. The molecule has 2 fully saturated rings. The van der Waals surface area contributed by atoms with Gasteiger partial charge in [0.1, 0.15) is 11.1 Å². The number of benzene rings is 1. The smallest absolute Gasteiger partial charge is 0.253 e. The summed E-state index contributed by atoms with van der Waals surface area (Å²) < 4.78 is 5.40. The van der Waals surface area contributed by atoms with E-state index in [2.05, 4.69) is 11.9 Å². The van der Waals surface area contributed by atoms with Gasteiger partial charge >= 0.3 is 0 Å². The first kappa shape index (κ1) is 18.1. The fraction of sp³-hybridized carbons (Fsp3) is 0.400. The van der Waals surface area contributed by atoms with E-state index in [1.807, 2.05) is 46.2 Å². The Morgan fingerprint density at radius 3 is 2.56 bits per heavy atom. The Bertz CT molecular complexity index is 798. The Balaban J connectivity index is 1.46. The van der Waals surface area contributed by atoms with Crippen LogP contribution in [0.5, 0.6) is 0 Å². The van der Waals surface area contributed by atoms with Crippen LogP contribution in [0, 0.1) is 0 Å². The van der Waals surface area contributed by atoms with Gasteiger partial charge in [-0.1, -0.05) is 12.1 Å². The molecule has 2 amide bonds. The summed E-state index contributed by atoms with van der Waals surface area (Å²) in [6, 6.07) is 11.4. The predicted molar refractivity (Wildman–Crippen MR) is 104 cm³/mol. The van der Waals surface area contributed by atoms with Gasteiger partial charge in [-0.3, -0.25) is 9.59 Å². The molecule has 6 nitrogen and oxygen atoms in total. The molecule has 0 N–H and O–H groups in total. The van der Waals surface area contributed by atoms with Gasteiger partial charge in [0, 0.05) is 31.7 Å². The Morgan fingerprint density at radius 2 is 1.89 bits per heavy atom. The third-order valence-corrected chi connectivity index (χ3v) is 6.36. The zero-order chi connectivity index (χ0) is 18.8. The van der Waals surface area contributed by atoms with E-state index in [0.29, 0.717) is 17.9 Å². The van der Waals surface area contributed by atoms with Gasteiger partial charge in [-0.2, -0.15) is 0 Å². The maximum absolute atomic E-state index is 12.7. The molecule has 27 heavy (non-hydrogen) atoms. The lowest BCUT2D eigenvalue weighted by Crippen LogP contribution is -2.47. The van der Waals surface area contributed by atoms with Crippen LogP contribution in [0.15, 0.2) is 47.1 Å². The van der Waals surface area contributed by atoms with Crippen LogP contribution in [0.3, 0.4) is 0 Å². The van der Waals surface area contributed by atoms with Gasteiger partial charge in [0.05, 0.1) is 18.6 Å². The molecule has 1 atom stereocenters. The zero-order valence-corrected chi connectivity index (χ0v) is 16.2. The quantitative estimate of drug-likeness (QED) is 0.809. The fourth-order valence-electron chi connectivity index (χ4n) is 3.45. The minimum atomic E-state index is -0.0459. The maximum atomic E-state index is 12.7. The molecule has 4 rings (SSSR count). The molecule has 1 aromatic heterocycles. The summed E-state index contributed by atoms with van der Waals surface area (Å²) in [6.07, 6.45) is 1.62. The van der Waals surface area contributed by atoms with Crippen molar-refractivity contribution < 1.29 is 14.0 Å². The Labute approximate surface area is 163 Å². The summed E-state index contributed by atoms with van der Waals surface area (Å²) in [5, 5.41) is -0.0459. The number of hydrogen-bond donors (Lipinski definition) is 0. The van der Waals surface area contributed by atoms with Gasteiger partial charge in [0.2, 0.25) is 5.91 Å². The van der Waals surface area contributed by atoms with Crippen LogP contribution in [-0.2, 0) is 11.3 Å². The Morgan fingerprint density at radius 1 is 1.15 bits per heavy atom. The second kappa shape index (κ2) is 7.78. The van der Waals surface area contributed by atoms with Gasteiger partial charge in [-0.05, 0) is 36.9 Å². The first-order valence-corrected chi connectivity index (χ1v) is 10.2. The first-order valence-electron chi connectivity index (χ1n) is 9.13. The van der Waals surface area contributed by atoms with Crippen LogP contribution in [0.4, 0.5) is 0 Å². The molecule has 0 unspecified atom stereocenters. The van der Waals surface area contributed by atoms with Crippen molar-refractivity contribution in [3.8, 4) is 0 Å². The highest BCUT2D eigenvalue weighted by Gasteiger charge is 2.33. The van der Waals surface area contributed by atoms with Crippen molar-refractivity contribution in [3.05, 3.63) is 59.5 Å². The van der Waals surface area contributed by atoms with E-state index in [1.165, 1.54) is 0 Å². The molecule has 0 saturated carbocycles. The molecule has 2 saturated heterocycles. The van der Waals surface area contributed by atoms with Gasteiger partial charge < -0.3 is 19.1 Å². The summed E-state index contributed by atoms with van der Waals surface area (Å²) in [5.74, 6) is 1.43.